The van der Waals surface area contributed by atoms with Crippen molar-refractivity contribution in [3.05, 3.63) is 0 Å². The van der Waals surface area contributed by atoms with Crippen LogP contribution in [0, 0.1) is 0 Å². The molecule has 0 radical (unpaired) electrons. The Labute approximate surface area is 71.6 Å². The number of hydrogen-bond acceptors (Lipinski definition) is 3. The summed E-state index contributed by atoms with van der Waals surface area (Å²) in [5.74, 6) is 1.17. The van der Waals surface area contributed by atoms with E-state index in [1.807, 2.05) is 0 Å². The number of rotatable bonds is 0. The highest BCUT2D eigenvalue weighted by atomic mass is 32.2. The first-order valence-corrected chi connectivity index (χ1v) is 5.19. The second-order valence-electron chi connectivity index (χ2n) is 3.20. The van der Waals surface area contributed by atoms with Crippen molar-refractivity contribution in [1.29, 1.82) is 0 Å². The summed E-state index contributed by atoms with van der Waals surface area (Å²) in [5, 5.41) is 0. The van der Waals surface area contributed by atoms with Gasteiger partial charge in [0, 0.05) is 23.7 Å². The molecule has 0 aliphatic carbocycles. The van der Waals surface area contributed by atoms with Crippen LogP contribution in [0.15, 0.2) is 0 Å². The Morgan fingerprint density at radius 3 is 2.45 bits per heavy atom. The van der Waals surface area contributed by atoms with Crippen LogP contribution < -0.4 is 0 Å². The molecule has 2 saturated heterocycles. The minimum Gasteiger partial charge on any atom is -0.381 e. The predicted molar refractivity (Wildman–Crippen MR) is 46.1 cm³/mol. The fourth-order valence-corrected chi connectivity index (χ4v) is 2.91. The van der Waals surface area contributed by atoms with E-state index >= 15 is 0 Å². The van der Waals surface area contributed by atoms with Gasteiger partial charge in [0.25, 0.3) is 0 Å². The second kappa shape index (κ2) is 3.33. The van der Waals surface area contributed by atoms with Gasteiger partial charge in [-0.05, 0) is 12.8 Å². The maximum atomic E-state index is 5.49. The van der Waals surface area contributed by atoms with Crippen molar-refractivity contribution >= 4 is 11.8 Å². The van der Waals surface area contributed by atoms with Gasteiger partial charge in [-0.2, -0.15) is 11.8 Å². The van der Waals surface area contributed by atoms with Crippen molar-refractivity contribution < 1.29 is 9.47 Å². The van der Waals surface area contributed by atoms with Gasteiger partial charge < -0.3 is 9.47 Å². The first-order chi connectivity index (χ1) is 5.41. The van der Waals surface area contributed by atoms with Gasteiger partial charge in [0.2, 0.25) is 0 Å². The minimum absolute atomic E-state index is 0.427. The average Bonchev–Trinajstić information content (AvgIpc) is 2.07. The van der Waals surface area contributed by atoms with Crippen LogP contribution in [0.3, 0.4) is 0 Å². The molecule has 11 heavy (non-hydrogen) atoms. The molecule has 0 aromatic rings. The van der Waals surface area contributed by atoms with Gasteiger partial charge in [0.05, 0.1) is 13.2 Å². The van der Waals surface area contributed by atoms with E-state index in [1.54, 1.807) is 0 Å². The lowest BCUT2D eigenvalue weighted by Crippen LogP contribution is -2.41. The van der Waals surface area contributed by atoms with E-state index in [-0.39, 0.29) is 0 Å². The van der Waals surface area contributed by atoms with Crippen LogP contribution in [0.2, 0.25) is 0 Å². The van der Waals surface area contributed by atoms with Crippen LogP contribution in [-0.4, -0.2) is 36.9 Å². The van der Waals surface area contributed by atoms with Gasteiger partial charge in [0.1, 0.15) is 0 Å². The Balaban J connectivity index is 1.94. The average molecular weight is 174 g/mol. The van der Waals surface area contributed by atoms with E-state index in [4.69, 9.17) is 9.47 Å². The first kappa shape index (κ1) is 7.90. The normalized spacial score (nSPS) is 30.5. The molecule has 0 saturated carbocycles. The van der Waals surface area contributed by atoms with E-state index in [0.29, 0.717) is 4.75 Å². The van der Waals surface area contributed by atoms with Gasteiger partial charge in [-0.15, -0.1) is 0 Å². The summed E-state index contributed by atoms with van der Waals surface area (Å²) in [6.07, 6.45) is 2.36. The molecule has 3 heteroatoms. The maximum Gasteiger partial charge on any atom is 0.0615 e. The van der Waals surface area contributed by atoms with E-state index in [9.17, 15) is 0 Å². The summed E-state index contributed by atoms with van der Waals surface area (Å²) >= 11 is 2.08. The van der Waals surface area contributed by atoms with Crippen molar-refractivity contribution in [2.75, 3.05) is 32.2 Å². The van der Waals surface area contributed by atoms with Crippen LogP contribution >= 0.6 is 11.8 Å². The van der Waals surface area contributed by atoms with Gasteiger partial charge in [-0.3, -0.25) is 0 Å². The lowest BCUT2D eigenvalue weighted by molar-refractivity contribution is 0.0335. The quantitative estimate of drug-likeness (QED) is 0.551. The minimum atomic E-state index is 0.427. The van der Waals surface area contributed by atoms with Gasteiger partial charge in [-0.25, -0.2) is 0 Å². The zero-order chi connectivity index (χ0) is 7.57. The number of ether oxygens (including phenoxy) is 2. The monoisotopic (exact) mass is 174 g/mol. The molecule has 0 atom stereocenters. The Morgan fingerprint density at radius 2 is 1.82 bits per heavy atom. The summed E-state index contributed by atoms with van der Waals surface area (Å²) < 4.78 is 11.2. The van der Waals surface area contributed by atoms with Crippen molar-refractivity contribution in [1.82, 2.24) is 0 Å². The third-order valence-corrected chi connectivity index (χ3v) is 3.91. The Hall–Kier alpha value is 0.270. The summed E-state index contributed by atoms with van der Waals surface area (Å²) in [4.78, 5) is 0. The largest absolute Gasteiger partial charge is 0.381 e. The summed E-state index contributed by atoms with van der Waals surface area (Å²) in [6.45, 7) is 3.74. The molecule has 2 nitrogen and oxygen atoms in total. The van der Waals surface area contributed by atoms with E-state index < -0.39 is 0 Å². The smallest absolute Gasteiger partial charge is 0.0615 e. The second-order valence-corrected chi connectivity index (χ2v) is 4.76. The standard InChI is InChI=1S/C8H14O2S/c1-3-9-4-2-8(1)7-10-5-6-11-8/h1-7H2. The Bertz CT molecular complexity index is 107. The molecule has 0 amide bonds. The molecule has 0 unspecified atom stereocenters. The van der Waals surface area contributed by atoms with E-state index in [2.05, 4.69) is 11.8 Å². The predicted octanol–water partition coefficient (Wildman–Crippen LogP) is 1.30. The third-order valence-electron chi connectivity index (χ3n) is 2.41. The Morgan fingerprint density at radius 1 is 1.00 bits per heavy atom. The van der Waals surface area contributed by atoms with Crippen LogP contribution in [-0.2, 0) is 9.47 Å². The van der Waals surface area contributed by atoms with E-state index in [1.165, 1.54) is 18.6 Å². The van der Waals surface area contributed by atoms with Crippen LogP contribution in [0.25, 0.3) is 0 Å². The maximum absolute atomic E-state index is 5.49. The molecule has 0 aromatic heterocycles. The molecular weight excluding hydrogens is 160 g/mol. The lowest BCUT2D eigenvalue weighted by atomic mass is 10.0. The highest BCUT2D eigenvalue weighted by Gasteiger charge is 2.35. The molecule has 2 heterocycles. The van der Waals surface area contributed by atoms with Crippen molar-refractivity contribution in [2.24, 2.45) is 0 Å². The number of thioether (sulfide) groups is 1. The third kappa shape index (κ3) is 1.71. The topological polar surface area (TPSA) is 18.5 Å². The van der Waals surface area contributed by atoms with Crippen LogP contribution in [0.5, 0.6) is 0 Å². The molecule has 64 valence electrons. The summed E-state index contributed by atoms with van der Waals surface area (Å²) in [6, 6.07) is 0. The first-order valence-electron chi connectivity index (χ1n) is 4.21. The lowest BCUT2D eigenvalue weighted by Gasteiger charge is -2.39. The molecule has 0 N–H and O–H groups in total. The summed E-state index contributed by atoms with van der Waals surface area (Å²) in [7, 11) is 0. The SMILES string of the molecule is C1CC2(CCO1)COCCS2. The molecule has 2 aliphatic heterocycles. The van der Waals surface area contributed by atoms with Crippen LogP contribution in [0.1, 0.15) is 12.8 Å². The molecule has 2 aliphatic rings. The fourth-order valence-electron chi connectivity index (χ4n) is 1.65. The zero-order valence-electron chi connectivity index (χ0n) is 6.67. The van der Waals surface area contributed by atoms with E-state index in [0.717, 1.165) is 26.4 Å². The Kier molecular flexibility index (Phi) is 2.39. The molecule has 0 bridgehead atoms. The highest BCUT2D eigenvalue weighted by Crippen LogP contribution is 2.37. The zero-order valence-corrected chi connectivity index (χ0v) is 7.49. The highest BCUT2D eigenvalue weighted by molar-refractivity contribution is 8.00. The van der Waals surface area contributed by atoms with Crippen molar-refractivity contribution in [3.63, 3.8) is 0 Å². The molecule has 1 spiro atoms. The fraction of sp³-hybridized carbons (Fsp3) is 1.00. The molecule has 2 rings (SSSR count). The number of hydrogen-bond donors (Lipinski definition) is 0. The molecule has 0 aromatic carbocycles. The van der Waals surface area contributed by atoms with Gasteiger partial charge in [0.15, 0.2) is 0 Å². The van der Waals surface area contributed by atoms with Crippen molar-refractivity contribution in [2.45, 2.75) is 17.6 Å². The van der Waals surface area contributed by atoms with Gasteiger partial charge >= 0.3 is 0 Å². The summed E-state index contributed by atoms with van der Waals surface area (Å²) in [5.41, 5.74) is 0. The molecular formula is C8H14O2S. The van der Waals surface area contributed by atoms with Crippen LogP contribution in [0.4, 0.5) is 0 Å². The van der Waals surface area contributed by atoms with Gasteiger partial charge in [-0.1, -0.05) is 0 Å². The van der Waals surface area contributed by atoms with Crippen molar-refractivity contribution in [3.8, 4) is 0 Å². The molecule has 2 fully saturated rings.